The first-order chi connectivity index (χ1) is 12.2. The number of nitriles is 1. The summed E-state index contributed by atoms with van der Waals surface area (Å²) >= 11 is 1.25. The second-order valence-electron chi connectivity index (χ2n) is 4.93. The summed E-state index contributed by atoms with van der Waals surface area (Å²) in [5, 5.41) is 10.6. The highest BCUT2D eigenvalue weighted by molar-refractivity contribution is 7.11. The number of anilines is 1. The van der Waals surface area contributed by atoms with Gasteiger partial charge in [0.2, 0.25) is 0 Å². The maximum absolute atomic E-state index is 12.4. The molecular formula is C18H18N2O4S. The molecule has 0 radical (unpaired) electrons. The Kier molecular flexibility index (Phi) is 6.99. The molecule has 6 nitrogen and oxygen atoms in total. The molecule has 0 saturated heterocycles. The molecule has 1 amide bonds. The lowest BCUT2D eigenvalue weighted by Crippen LogP contribution is -2.35. The zero-order valence-electron chi connectivity index (χ0n) is 13.8. The number of rotatable bonds is 8. The first-order valence-electron chi connectivity index (χ1n) is 7.76. The second-order valence-corrected chi connectivity index (χ2v) is 5.88. The maximum atomic E-state index is 12.4. The van der Waals surface area contributed by atoms with Crippen LogP contribution in [-0.2, 0) is 9.53 Å². The van der Waals surface area contributed by atoms with E-state index >= 15 is 0 Å². The van der Waals surface area contributed by atoms with Crippen molar-refractivity contribution in [3.63, 3.8) is 0 Å². The Morgan fingerprint density at radius 3 is 2.60 bits per heavy atom. The van der Waals surface area contributed by atoms with Crippen LogP contribution in [0.5, 0.6) is 5.75 Å². The van der Waals surface area contributed by atoms with E-state index in [9.17, 15) is 9.59 Å². The fourth-order valence-corrected chi connectivity index (χ4v) is 2.74. The van der Waals surface area contributed by atoms with Crippen LogP contribution in [0.1, 0.15) is 23.0 Å². The summed E-state index contributed by atoms with van der Waals surface area (Å²) in [6.07, 6.45) is 0.178. The smallest absolute Gasteiger partial charge is 0.348 e. The van der Waals surface area contributed by atoms with Crippen molar-refractivity contribution in [1.29, 1.82) is 5.26 Å². The number of thiophene rings is 1. The van der Waals surface area contributed by atoms with Crippen LogP contribution in [0, 0.1) is 11.3 Å². The highest BCUT2D eigenvalue weighted by Gasteiger charge is 2.18. The SMILES string of the molecule is CCOc1ccc(N(CCC#N)C(=O)COC(=O)c2cccs2)cc1. The van der Waals surface area contributed by atoms with Gasteiger partial charge in [-0.25, -0.2) is 4.79 Å². The first kappa shape index (κ1) is 18.5. The molecule has 1 aromatic carbocycles. The van der Waals surface area contributed by atoms with Gasteiger partial charge in [0.25, 0.3) is 5.91 Å². The number of esters is 1. The summed E-state index contributed by atoms with van der Waals surface area (Å²) in [6, 6.07) is 12.4. The third-order valence-electron chi connectivity index (χ3n) is 3.26. The Morgan fingerprint density at radius 1 is 1.24 bits per heavy atom. The van der Waals surface area contributed by atoms with E-state index in [2.05, 4.69) is 0 Å². The molecule has 0 N–H and O–H groups in total. The van der Waals surface area contributed by atoms with Gasteiger partial charge in [0, 0.05) is 12.2 Å². The summed E-state index contributed by atoms with van der Waals surface area (Å²) in [6.45, 7) is 2.28. The minimum Gasteiger partial charge on any atom is -0.494 e. The normalized spacial score (nSPS) is 9.92. The predicted molar refractivity (Wildman–Crippen MR) is 94.8 cm³/mol. The molecule has 0 saturated carbocycles. The molecule has 0 aliphatic heterocycles. The Hall–Kier alpha value is -2.85. The van der Waals surface area contributed by atoms with E-state index in [0.717, 1.165) is 0 Å². The lowest BCUT2D eigenvalue weighted by molar-refractivity contribution is -0.121. The third kappa shape index (κ3) is 5.33. The summed E-state index contributed by atoms with van der Waals surface area (Å²) < 4.78 is 10.4. The summed E-state index contributed by atoms with van der Waals surface area (Å²) in [7, 11) is 0. The lowest BCUT2D eigenvalue weighted by atomic mass is 10.2. The van der Waals surface area contributed by atoms with Crippen LogP contribution >= 0.6 is 11.3 Å². The molecule has 130 valence electrons. The molecule has 1 aromatic heterocycles. The van der Waals surface area contributed by atoms with Gasteiger partial charge in [0.1, 0.15) is 10.6 Å². The number of ether oxygens (including phenoxy) is 2. The van der Waals surface area contributed by atoms with Crippen LogP contribution in [0.3, 0.4) is 0 Å². The molecule has 2 aromatic rings. The van der Waals surface area contributed by atoms with Gasteiger partial charge in [-0.15, -0.1) is 11.3 Å². The largest absolute Gasteiger partial charge is 0.494 e. The molecule has 0 bridgehead atoms. The number of hydrogen-bond donors (Lipinski definition) is 0. The summed E-state index contributed by atoms with van der Waals surface area (Å²) in [5.74, 6) is -0.220. The molecule has 25 heavy (non-hydrogen) atoms. The fraction of sp³-hybridized carbons (Fsp3) is 0.278. The maximum Gasteiger partial charge on any atom is 0.348 e. The second kappa shape index (κ2) is 9.45. The van der Waals surface area contributed by atoms with Gasteiger partial charge in [-0.3, -0.25) is 4.79 Å². The monoisotopic (exact) mass is 358 g/mol. The van der Waals surface area contributed by atoms with Crippen molar-refractivity contribution in [1.82, 2.24) is 0 Å². The van der Waals surface area contributed by atoms with Crippen molar-refractivity contribution < 1.29 is 19.1 Å². The Morgan fingerprint density at radius 2 is 2.00 bits per heavy atom. The molecule has 1 heterocycles. The zero-order valence-corrected chi connectivity index (χ0v) is 14.6. The first-order valence-corrected chi connectivity index (χ1v) is 8.64. The molecule has 0 aliphatic rings. The van der Waals surface area contributed by atoms with Crippen molar-refractivity contribution in [3.05, 3.63) is 46.7 Å². The van der Waals surface area contributed by atoms with Gasteiger partial charge in [-0.2, -0.15) is 5.26 Å². The van der Waals surface area contributed by atoms with Gasteiger partial charge >= 0.3 is 5.97 Å². The van der Waals surface area contributed by atoms with E-state index in [1.165, 1.54) is 16.2 Å². The van der Waals surface area contributed by atoms with Gasteiger partial charge < -0.3 is 14.4 Å². The minimum absolute atomic E-state index is 0.178. The standard InChI is InChI=1S/C18H18N2O4S/c1-2-23-15-8-6-14(7-9-15)20(11-4-10-19)17(21)13-24-18(22)16-5-3-12-25-16/h3,5-9,12H,2,4,11,13H2,1H3. The van der Waals surface area contributed by atoms with E-state index in [1.807, 2.05) is 13.0 Å². The van der Waals surface area contributed by atoms with Crippen molar-refractivity contribution in [2.45, 2.75) is 13.3 Å². The van der Waals surface area contributed by atoms with Gasteiger partial charge in [-0.05, 0) is 42.6 Å². The van der Waals surface area contributed by atoms with E-state index < -0.39 is 5.97 Å². The molecule has 7 heteroatoms. The molecule has 0 unspecified atom stereocenters. The topological polar surface area (TPSA) is 79.6 Å². The van der Waals surface area contributed by atoms with Crippen LogP contribution in [0.15, 0.2) is 41.8 Å². The van der Waals surface area contributed by atoms with Crippen molar-refractivity contribution >= 4 is 28.9 Å². The molecule has 0 atom stereocenters. The average molecular weight is 358 g/mol. The Bertz CT molecular complexity index is 735. The summed E-state index contributed by atoms with van der Waals surface area (Å²) in [4.78, 5) is 26.2. The van der Waals surface area contributed by atoms with Crippen molar-refractivity contribution in [2.75, 3.05) is 24.7 Å². The Balaban J connectivity index is 2.03. The molecule has 0 fully saturated rings. The predicted octanol–water partition coefficient (Wildman–Crippen LogP) is 3.25. The van der Waals surface area contributed by atoms with Gasteiger partial charge in [-0.1, -0.05) is 6.07 Å². The average Bonchev–Trinajstić information content (AvgIpc) is 3.16. The van der Waals surface area contributed by atoms with Crippen LogP contribution < -0.4 is 9.64 Å². The van der Waals surface area contributed by atoms with E-state index in [-0.39, 0.29) is 25.5 Å². The van der Waals surface area contributed by atoms with Crippen LogP contribution in [0.2, 0.25) is 0 Å². The van der Waals surface area contributed by atoms with Crippen LogP contribution in [-0.4, -0.2) is 31.6 Å². The van der Waals surface area contributed by atoms with Crippen molar-refractivity contribution in [3.8, 4) is 11.8 Å². The van der Waals surface area contributed by atoms with E-state index in [4.69, 9.17) is 14.7 Å². The minimum atomic E-state index is -0.532. The fourth-order valence-electron chi connectivity index (χ4n) is 2.12. The van der Waals surface area contributed by atoms with Gasteiger partial charge in [0.15, 0.2) is 6.61 Å². The number of benzene rings is 1. The number of carbonyl (C=O) groups is 2. The quantitative estimate of drug-likeness (QED) is 0.677. The molecular weight excluding hydrogens is 340 g/mol. The van der Waals surface area contributed by atoms with Gasteiger partial charge in [0.05, 0.1) is 19.1 Å². The lowest BCUT2D eigenvalue weighted by Gasteiger charge is -2.22. The Labute approximate surface area is 150 Å². The summed E-state index contributed by atoms with van der Waals surface area (Å²) in [5.41, 5.74) is 0.621. The van der Waals surface area contributed by atoms with Crippen LogP contribution in [0.4, 0.5) is 5.69 Å². The third-order valence-corrected chi connectivity index (χ3v) is 4.11. The van der Waals surface area contributed by atoms with E-state index in [0.29, 0.717) is 22.9 Å². The highest BCUT2D eigenvalue weighted by atomic mass is 32.1. The molecule has 0 aliphatic carbocycles. The molecule has 0 spiro atoms. The number of amides is 1. The van der Waals surface area contributed by atoms with Crippen LogP contribution in [0.25, 0.3) is 0 Å². The zero-order chi connectivity index (χ0) is 18.1. The number of carbonyl (C=O) groups excluding carboxylic acids is 2. The molecule has 2 rings (SSSR count). The number of nitrogens with zero attached hydrogens (tertiary/aromatic N) is 2. The van der Waals surface area contributed by atoms with E-state index in [1.54, 1.807) is 41.8 Å². The number of hydrogen-bond acceptors (Lipinski definition) is 6. The highest BCUT2D eigenvalue weighted by Crippen LogP contribution is 2.20. The van der Waals surface area contributed by atoms with Crippen molar-refractivity contribution in [2.24, 2.45) is 0 Å².